The van der Waals surface area contributed by atoms with Crippen molar-refractivity contribution in [1.29, 1.82) is 0 Å². The standard InChI is InChI=1S/C22H25ClN2O2/c1-22(2,18-6-4-3-5-7-18)16-20(26)24-12-14-25(15-13-24)21(27)17-8-10-19(23)11-9-17/h3-11H,12-16H2,1-2H3. The fourth-order valence-electron chi connectivity index (χ4n) is 3.42. The van der Waals surface area contributed by atoms with Crippen LogP contribution in [0, 0.1) is 0 Å². The zero-order chi connectivity index (χ0) is 19.4. The fourth-order valence-corrected chi connectivity index (χ4v) is 3.54. The molecular formula is C22H25ClN2O2. The van der Waals surface area contributed by atoms with Crippen LogP contribution in [0.1, 0.15) is 36.2 Å². The van der Waals surface area contributed by atoms with Crippen LogP contribution < -0.4 is 0 Å². The summed E-state index contributed by atoms with van der Waals surface area (Å²) < 4.78 is 0. The van der Waals surface area contributed by atoms with Crippen molar-refractivity contribution in [2.75, 3.05) is 26.2 Å². The normalized spacial score (nSPS) is 14.9. The molecule has 0 N–H and O–H groups in total. The van der Waals surface area contributed by atoms with Gasteiger partial charge in [0.05, 0.1) is 0 Å². The maximum Gasteiger partial charge on any atom is 0.253 e. The van der Waals surface area contributed by atoms with E-state index in [4.69, 9.17) is 11.6 Å². The van der Waals surface area contributed by atoms with E-state index in [9.17, 15) is 9.59 Å². The summed E-state index contributed by atoms with van der Waals surface area (Å²) in [4.78, 5) is 29.0. The molecule has 3 rings (SSSR count). The van der Waals surface area contributed by atoms with Crippen molar-refractivity contribution in [2.45, 2.75) is 25.7 Å². The van der Waals surface area contributed by atoms with Gasteiger partial charge in [-0.15, -0.1) is 0 Å². The molecule has 2 aromatic rings. The summed E-state index contributed by atoms with van der Waals surface area (Å²) in [6.45, 7) is 6.45. The maximum atomic E-state index is 12.8. The average molecular weight is 385 g/mol. The van der Waals surface area contributed by atoms with Crippen molar-refractivity contribution in [3.8, 4) is 0 Å². The van der Waals surface area contributed by atoms with E-state index in [2.05, 4.69) is 26.0 Å². The second-order valence-corrected chi connectivity index (χ2v) is 8.04. The van der Waals surface area contributed by atoms with Gasteiger partial charge >= 0.3 is 0 Å². The Labute approximate surface area is 165 Å². The summed E-state index contributed by atoms with van der Waals surface area (Å²) in [7, 11) is 0. The Hall–Kier alpha value is -2.33. The SMILES string of the molecule is CC(C)(CC(=O)N1CCN(C(=O)c2ccc(Cl)cc2)CC1)c1ccccc1. The number of nitrogens with zero attached hydrogens (tertiary/aromatic N) is 2. The van der Waals surface area contributed by atoms with Crippen LogP contribution in [0.4, 0.5) is 0 Å². The Morgan fingerprint density at radius 2 is 1.44 bits per heavy atom. The summed E-state index contributed by atoms with van der Waals surface area (Å²) in [6, 6.07) is 17.0. The van der Waals surface area contributed by atoms with Crippen LogP contribution in [-0.4, -0.2) is 47.8 Å². The molecule has 0 bridgehead atoms. The van der Waals surface area contributed by atoms with Crippen LogP contribution in [0.3, 0.4) is 0 Å². The van der Waals surface area contributed by atoms with Crippen molar-refractivity contribution >= 4 is 23.4 Å². The van der Waals surface area contributed by atoms with Crippen LogP contribution >= 0.6 is 11.6 Å². The molecule has 2 amide bonds. The molecule has 0 aliphatic carbocycles. The first-order valence-electron chi connectivity index (χ1n) is 9.25. The highest BCUT2D eigenvalue weighted by molar-refractivity contribution is 6.30. The number of piperazine rings is 1. The van der Waals surface area contributed by atoms with Gasteiger partial charge in [-0.25, -0.2) is 0 Å². The number of benzene rings is 2. The zero-order valence-corrected chi connectivity index (χ0v) is 16.6. The highest BCUT2D eigenvalue weighted by Crippen LogP contribution is 2.27. The molecular weight excluding hydrogens is 360 g/mol. The molecule has 2 aromatic carbocycles. The van der Waals surface area contributed by atoms with Crippen molar-refractivity contribution in [1.82, 2.24) is 9.80 Å². The Morgan fingerprint density at radius 1 is 0.889 bits per heavy atom. The van der Waals surface area contributed by atoms with Gasteiger partial charge < -0.3 is 9.80 Å². The van der Waals surface area contributed by atoms with E-state index < -0.39 is 0 Å². The van der Waals surface area contributed by atoms with Crippen LogP contribution in [0.15, 0.2) is 54.6 Å². The molecule has 0 unspecified atom stereocenters. The third-order valence-electron chi connectivity index (χ3n) is 5.16. The minimum Gasteiger partial charge on any atom is -0.339 e. The molecule has 1 aliphatic rings. The molecule has 0 radical (unpaired) electrons. The molecule has 142 valence electrons. The summed E-state index contributed by atoms with van der Waals surface area (Å²) in [6.07, 6.45) is 0.460. The van der Waals surface area contributed by atoms with E-state index in [1.54, 1.807) is 29.2 Å². The lowest BCUT2D eigenvalue weighted by Gasteiger charge is -2.36. The lowest BCUT2D eigenvalue weighted by molar-refractivity contribution is -0.133. The Balaban J connectivity index is 1.56. The van der Waals surface area contributed by atoms with Gasteiger partial charge in [0.2, 0.25) is 5.91 Å². The molecule has 0 spiro atoms. The first kappa shape index (κ1) is 19.4. The molecule has 1 heterocycles. The van der Waals surface area contributed by atoms with Gasteiger partial charge in [0.1, 0.15) is 0 Å². The smallest absolute Gasteiger partial charge is 0.253 e. The molecule has 0 atom stereocenters. The van der Waals surface area contributed by atoms with E-state index in [1.165, 1.54) is 0 Å². The second-order valence-electron chi connectivity index (χ2n) is 7.61. The molecule has 0 aromatic heterocycles. The number of carbonyl (C=O) groups excluding carboxylic acids is 2. The van der Waals surface area contributed by atoms with Gasteiger partial charge in [0, 0.05) is 43.2 Å². The molecule has 0 saturated carbocycles. The molecule has 1 aliphatic heterocycles. The van der Waals surface area contributed by atoms with Crippen molar-refractivity contribution in [3.05, 3.63) is 70.7 Å². The number of amides is 2. The van der Waals surface area contributed by atoms with Crippen molar-refractivity contribution in [3.63, 3.8) is 0 Å². The Kier molecular flexibility index (Phi) is 5.85. The van der Waals surface area contributed by atoms with Gasteiger partial charge in [0.25, 0.3) is 5.91 Å². The summed E-state index contributed by atoms with van der Waals surface area (Å²) >= 11 is 5.88. The molecule has 1 saturated heterocycles. The molecule has 1 fully saturated rings. The molecule has 27 heavy (non-hydrogen) atoms. The minimum atomic E-state index is -0.214. The molecule has 5 heteroatoms. The number of hydrogen-bond donors (Lipinski definition) is 0. The monoisotopic (exact) mass is 384 g/mol. The maximum absolute atomic E-state index is 12.8. The predicted molar refractivity (Wildman–Crippen MR) is 108 cm³/mol. The van der Waals surface area contributed by atoms with Crippen LogP contribution in [0.25, 0.3) is 0 Å². The van der Waals surface area contributed by atoms with Gasteiger partial charge in [-0.05, 0) is 35.2 Å². The van der Waals surface area contributed by atoms with E-state index >= 15 is 0 Å². The third kappa shape index (κ3) is 4.69. The largest absolute Gasteiger partial charge is 0.339 e. The van der Waals surface area contributed by atoms with Crippen molar-refractivity contribution in [2.24, 2.45) is 0 Å². The lowest BCUT2D eigenvalue weighted by atomic mass is 9.81. The van der Waals surface area contributed by atoms with Gasteiger partial charge in [-0.1, -0.05) is 55.8 Å². The summed E-state index contributed by atoms with van der Waals surface area (Å²) in [5.74, 6) is 0.130. The van der Waals surface area contributed by atoms with E-state index in [1.807, 2.05) is 23.1 Å². The van der Waals surface area contributed by atoms with Crippen LogP contribution in [-0.2, 0) is 10.2 Å². The molecule has 4 nitrogen and oxygen atoms in total. The zero-order valence-electron chi connectivity index (χ0n) is 15.8. The van der Waals surface area contributed by atoms with Gasteiger partial charge in [-0.3, -0.25) is 9.59 Å². The first-order chi connectivity index (χ1) is 12.9. The number of rotatable bonds is 4. The quantitative estimate of drug-likeness (QED) is 0.799. The van der Waals surface area contributed by atoms with Crippen LogP contribution in [0.5, 0.6) is 0 Å². The summed E-state index contributed by atoms with van der Waals surface area (Å²) in [5.41, 5.74) is 1.58. The van der Waals surface area contributed by atoms with Gasteiger partial charge in [-0.2, -0.15) is 0 Å². The Morgan fingerprint density at radius 3 is 2.04 bits per heavy atom. The predicted octanol–water partition coefficient (Wildman–Crippen LogP) is 3.99. The van der Waals surface area contributed by atoms with Gasteiger partial charge in [0.15, 0.2) is 0 Å². The number of hydrogen-bond acceptors (Lipinski definition) is 2. The third-order valence-corrected chi connectivity index (χ3v) is 5.41. The van der Waals surface area contributed by atoms with E-state index in [0.717, 1.165) is 5.56 Å². The number of carbonyl (C=O) groups is 2. The van der Waals surface area contributed by atoms with Crippen LogP contribution in [0.2, 0.25) is 5.02 Å². The summed E-state index contributed by atoms with van der Waals surface area (Å²) in [5, 5.41) is 0.614. The first-order valence-corrected chi connectivity index (χ1v) is 9.63. The lowest BCUT2D eigenvalue weighted by Crippen LogP contribution is -2.51. The van der Waals surface area contributed by atoms with Crippen molar-refractivity contribution < 1.29 is 9.59 Å². The highest BCUT2D eigenvalue weighted by Gasteiger charge is 2.30. The van der Waals surface area contributed by atoms with E-state index in [-0.39, 0.29) is 17.2 Å². The minimum absolute atomic E-state index is 0.0108. The number of halogens is 1. The highest BCUT2D eigenvalue weighted by atomic mass is 35.5. The second kappa shape index (κ2) is 8.13. The topological polar surface area (TPSA) is 40.6 Å². The average Bonchev–Trinajstić information content (AvgIpc) is 2.68. The van der Waals surface area contributed by atoms with E-state index in [0.29, 0.717) is 43.2 Å². The fraction of sp³-hybridized carbons (Fsp3) is 0.364. The Bertz CT molecular complexity index is 795.